The van der Waals surface area contributed by atoms with Crippen LogP contribution in [0.25, 0.3) is 0 Å². The first-order chi connectivity index (χ1) is 42.2. The van der Waals surface area contributed by atoms with E-state index in [1.165, 1.54) is 19.3 Å². The SMILES string of the molecule is CC/C=C\C/C=C\C/C=C\C/C=C\C/C=C\C/C=C\CCC(=O)OCC(O)COP(=O)(O)OCC(O)COP(=O)(O)OCC(COC(=O)CCC/C=C\C/C=C\C/C=C\C/C=C\C/C=C\CC)OC(=O)CCCCCCC/C=C\C/C=C\CCCCC. The Labute approximate surface area is 523 Å². The van der Waals surface area contributed by atoms with Crippen molar-refractivity contribution in [3.8, 4) is 0 Å². The van der Waals surface area contributed by atoms with Gasteiger partial charge in [-0.05, 0) is 128 Å². The zero-order valence-corrected chi connectivity index (χ0v) is 54.7. The minimum Gasteiger partial charge on any atom is -0.463 e. The van der Waals surface area contributed by atoms with Crippen molar-refractivity contribution in [2.45, 2.75) is 219 Å². The van der Waals surface area contributed by atoms with Crippen LogP contribution in [0.2, 0.25) is 0 Å². The van der Waals surface area contributed by atoms with Gasteiger partial charge in [0.15, 0.2) is 6.10 Å². The van der Waals surface area contributed by atoms with Gasteiger partial charge in [-0.15, -0.1) is 0 Å². The lowest BCUT2D eigenvalue weighted by molar-refractivity contribution is -0.161. The summed E-state index contributed by atoms with van der Waals surface area (Å²) in [5.41, 5.74) is 0. The van der Waals surface area contributed by atoms with Crippen LogP contribution in [0.3, 0.4) is 0 Å². The van der Waals surface area contributed by atoms with E-state index in [9.17, 15) is 43.5 Å². The first kappa shape index (κ1) is 82.2. The van der Waals surface area contributed by atoms with Gasteiger partial charge in [0, 0.05) is 19.3 Å². The van der Waals surface area contributed by atoms with Gasteiger partial charge >= 0.3 is 33.6 Å². The van der Waals surface area contributed by atoms with Crippen molar-refractivity contribution in [2.75, 3.05) is 39.6 Å². The Balaban J connectivity index is 4.84. The number of aliphatic hydroxyl groups excluding tert-OH is 2. The molecular weight excluding hydrogens is 1150 g/mol. The monoisotopic (exact) mass is 1260 g/mol. The van der Waals surface area contributed by atoms with Crippen LogP contribution in [-0.2, 0) is 55.8 Å². The van der Waals surface area contributed by atoms with Gasteiger partial charge < -0.3 is 34.2 Å². The number of hydrogen-bond donors (Lipinski definition) is 4. The summed E-state index contributed by atoms with van der Waals surface area (Å²) in [7, 11) is -9.82. The van der Waals surface area contributed by atoms with Crippen LogP contribution in [-0.4, -0.2) is 95.9 Å². The molecule has 0 aliphatic heterocycles. The minimum absolute atomic E-state index is 0.0533. The maximum Gasteiger partial charge on any atom is 0.472 e. The molecule has 492 valence electrons. The van der Waals surface area contributed by atoms with Crippen molar-refractivity contribution < 1.29 is 75.8 Å². The maximum atomic E-state index is 12.9. The topological polar surface area (TPSA) is 231 Å². The number of esters is 3. The first-order valence-electron chi connectivity index (χ1n) is 31.8. The van der Waals surface area contributed by atoms with Crippen LogP contribution in [0, 0.1) is 0 Å². The zero-order chi connectivity index (χ0) is 63.8. The molecule has 0 bridgehead atoms. The molecule has 0 saturated heterocycles. The van der Waals surface area contributed by atoms with E-state index in [-0.39, 0.29) is 19.3 Å². The number of rotatable bonds is 58. The Morgan fingerprint density at radius 3 is 1.07 bits per heavy atom. The predicted molar refractivity (Wildman–Crippen MR) is 352 cm³/mol. The largest absolute Gasteiger partial charge is 0.472 e. The second kappa shape index (κ2) is 61.4. The molecule has 5 atom stereocenters. The van der Waals surface area contributed by atoms with E-state index in [4.69, 9.17) is 32.3 Å². The third kappa shape index (κ3) is 62.6. The lowest BCUT2D eigenvalue weighted by Gasteiger charge is -2.21. The van der Waals surface area contributed by atoms with E-state index < -0.39 is 91.5 Å². The van der Waals surface area contributed by atoms with Gasteiger partial charge in [0.05, 0.1) is 26.4 Å². The molecule has 0 aliphatic rings. The number of ether oxygens (including phenoxy) is 3. The molecule has 0 fully saturated rings. The minimum atomic E-state index is -4.95. The fourth-order valence-electron chi connectivity index (χ4n) is 7.42. The third-order valence-electron chi connectivity index (χ3n) is 12.2. The molecule has 16 nitrogen and oxygen atoms in total. The normalized spacial score (nSPS) is 15.3. The number of unbranched alkanes of at least 4 members (excludes halogenated alkanes) is 9. The standard InChI is InChI=1S/C69H110O16P2/c1-4-7-10-13-16-19-22-25-28-30-31-33-36-37-40-43-46-49-52-55-67(72)79-58-64(70)59-81-86(75,76)82-60-65(71)61-83-87(77,78)84-63-66(85-69(74)57-54-51-48-45-42-39-34-27-24-21-18-15-12-9-6-3)62-80-68(73)56-53-50-47-44-41-38-35-32-29-26-23-20-17-14-11-8-5-2/h7-8,10-11,16-21,25-29,31,33-35,37-38,40,44,46-47,49,64-66,70-71H,4-6,9,12-15,22-24,30,32,36,39,41-43,45,48,50-63H2,1-3H3,(H,75,76)(H,77,78)/b10-7-,11-8-,19-16-,20-17-,21-18-,28-25-,29-26-,33-31-,34-27-,38-35-,40-37-,47-44-,49-46-. The number of allylic oxidation sites excluding steroid dienone is 26. The van der Waals surface area contributed by atoms with Crippen LogP contribution in [0.4, 0.5) is 0 Å². The molecule has 0 aromatic heterocycles. The average Bonchev–Trinajstić information content (AvgIpc) is 3.68. The van der Waals surface area contributed by atoms with Crippen molar-refractivity contribution in [1.29, 1.82) is 0 Å². The van der Waals surface area contributed by atoms with Crippen molar-refractivity contribution in [2.24, 2.45) is 0 Å². The van der Waals surface area contributed by atoms with Crippen molar-refractivity contribution in [1.82, 2.24) is 0 Å². The summed E-state index contributed by atoms with van der Waals surface area (Å²) >= 11 is 0. The van der Waals surface area contributed by atoms with Gasteiger partial charge in [-0.1, -0.05) is 211 Å². The van der Waals surface area contributed by atoms with Gasteiger partial charge in [0.2, 0.25) is 0 Å². The molecule has 0 aromatic carbocycles. The number of phosphoric ester groups is 2. The van der Waals surface area contributed by atoms with Crippen molar-refractivity contribution in [3.63, 3.8) is 0 Å². The fourth-order valence-corrected chi connectivity index (χ4v) is 9.01. The number of aliphatic hydroxyl groups is 2. The molecule has 0 spiro atoms. The van der Waals surface area contributed by atoms with Crippen molar-refractivity contribution >= 4 is 33.6 Å². The first-order valence-corrected chi connectivity index (χ1v) is 34.8. The van der Waals surface area contributed by atoms with Crippen LogP contribution >= 0.6 is 15.6 Å². The Morgan fingerprint density at radius 2 is 0.644 bits per heavy atom. The van der Waals surface area contributed by atoms with Gasteiger partial charge in [-0.2, -0.15) is 0 Å². The Hall–Kier alpha value is -4.83. The molecule has 0 amide bonds. The Morgan fingerprint density at radius 1 is 0.333 bits per heavy atom. The van der Waals surface area contributed by atoms with Crippen LogP contribution in [0.5, 0.6) is 0 Å². The average molecular weight is 1260 g/mol. The number of carbonyl (C=O) groups is 3. The highest BCUT2D eigenvalue weighted by Gasteiger charge is 2.29. The molecule has 0 aliphatic carbocycles. The summed E-state index contributed by atoms with van der Waals surface area (Å²) in [6.45, 7) is 2.19. The quantitative estimate of drug-likeness (QED) is 0.0146. The molecule has 0 aromatic rings. The van der Waals surface area contributed by atoms with E-state index in [2.05, 4.69) is 148 Å². The summed E-state index contributed by atoms with van der Waals surface area (Å²) in [4.78, 5) is 58.2. The zero-order valence-electron chi connectivity index (χ0n) is 52.9. The molecular formula is C69H110O16P2. The number of carbonyl (C=O) groups excluding carboxylic acids is 3. The van der Waals surface area contributed by atoms with Crippen LogP contribution < -0.4 is 0 Å². The summed E-state index contributed by atoms with van der Waals surface area (Å²) in [5.74, 6) is -1.76. The highest BCUT2D eigenvalue weighted by atomic mass is 31.2. The second-order valence-corrected chi connectivity index (χ2v) is 23.3. The van der Waals surface area contributed by atoms with Gasteiger partial charge in [-0.25, -0.2) is 9.13 Å². The maximum absolute atomic E-state index is 12.9. The fraction of sp³-hybridized carbons (Fsp3) is 0.580. The molecule has 0 rings (SSSR count). The number of phosphoric acid groups is 2. The van der Waals surface area contributed by atoms with Crippen LogP contribution in [0.15, 0.2) is 158 Å². The van der Waals surface area contributed by atoms with E-state index in [0.29, 0.717) is 32.1 Å². The highest BCUT2D eigenvalue weighted by molar-refractivity contribution is 7.47. The molecule has 5 unspecified atom stereocenters. The predicted octanol–water partition coefficient (Wildman–Crippen LogP) is 17.2. The summed E-state index contributed by atoms with van der Waals surface area (Å²) in [6, 6.07) is 0. The van der Waals surface area contributed by atoms with Gasteiger partial charge in [0.25, 0.3) is 0 Å². The summed E-state index contributed by atoms with van der Waals surface area (Å²) < 4.78 is 60.6. The lowest BCUT2D eigenvalue weighted by Crippen LogP contribution is -2.30. The van der Waals surface area contributed by atoms with Gasteiger partial charge in [-0.3, -0.25) is 32.5 Å². The van der Waals surface area contributed by atoms with Crippen molar-refractivity contribution in [3.05, 3.63) is 158 Å². The summed E-state index contributed by atoms with van der Waals surface area (Å²) in [5, 5.41) is 20.5. The molecule has 4 N–H and O–H groups in total. The van der Waals surface area contributed by atoms with E-state index in [1.54, 1.807) is 0 Å². The molecule has 0 saturated carbocycles. The Bertz CT molecular complexity index is 2220. The molecule has 0 heterocycles. The third-order valence-corrected chi connectivity index (χ3v) is 14.1. The van der Waals surface area contributed by atoms with E-state index in [1.807, 2.05) is 30.4 Å². The Kier molecular flexibility index (Phi) is 58.0. The van der Waals surface area contributed by atoms with Gasteiger partial charge in [0.1, 0.15) is 25.4 Å². The smallest absolute Gasteiger partial charge is 0.463 e. The van der Waals surface area contributed by atoms with Crippen LogP contribution in [0.1, 0.15) is 201 Å². The summed E-state index contributed by atoms with van der Waals surface area (Å²) in [6.07, 6.45) is 73.3. The molecule has 87 heavy (non-hydrogen) atoms. The lowest BCUT2D eigenvalue weighted by atomic mass is 10.1. The van der Waals surface area contributed by atoms with E-state index in [0.717, 1.165) is 109 Å². The van der Waals surface area contributed by atoms with E-state index >= 15 is 0 Å². The second-order valence-electron chi connectivity index (χ2n) is 20.4. The highest BCUT2D eigenvalue weighted by Crippen LogP contribution is 2.45. The molecule has 0 radical (unpaired) electrons. The number of hydrogen-bond acceptors (Lipinski definition) is 14. The molecule has 18 heteroatoms.